The summed E-state index contributed by atoms with van der Waals surface area (Å²) >= 11 is 0. The molecule has 0 aromatic heterocycles. The Balaban J connectivity index is 2.15. The number of nitrogens with zero attached hydrogens (tertiary/aromatic N) is 1. The van der Waals surface area contributed by atoms with Gasteiger partial charge in [-0.05, 0) is 70.8 Å². The Kier molecular flexibility index (Phi) is 5.84. The van der Waals surface area contributed by atoms with Gasteiger partial charge >= 0.3 is 6.09 Å². The van der Waals surface area contributed by atoms with Crippen LogP contribution in [-0.2, 0) is 9.47 Å². The Morgan fingerprint density at radius 3 is 2.38 bits per heavy atom. The van der Waals surface area contributed by atoms with E-state index >= 15 is 0 Å². The molecule has 0 spiro atoms. The molecule has 1 amide bonds. The third-order valence-corrected chi connectivity index (χ3v) is 5.52. The Labute approximate surface area is 158 Å². The number of amides is 1. The van der Waals surface area contributed by atoms with E-state index in [1.54, 1.807) is 4.90 Å². The van der Waals surface area contributed by atoms with E-state index < -0.39 is 29.6 Å². The van der Waals surface area contributed by atoms with E-state index in [9.17, 15) is 9.90 Å². The lowest BCUT2D eigenvalue weighted by Gasteiger charge is -2.38. The maximum Gasteiger partial charge on any atom is 0.413 e. The minimum absolute atomic E-state index is 0.272. The molecule has 2 aliphatic rings. The summed E-state index contributed by atoms with van der Waals surface area (Å²) in [7, 11) is 0. The van der Waals surface area contributed by atoms with Gasteiger partial charge in [-0.15, -0.1) is 0 Å². The van der Waals surface area contributed by atoms with Crippen molar-refractivity contribution in [2.45, 2.75) is 98.1 Å². The number of carbonyl (C=O) groups is 1. The van der Waals surface area contributed by atoms with Crippen LogP contribution in [0.2, 0.25) is 0 Å². The van der Waals surface area contributed by atoms with Crippen molar-refractivity contribution in [2.75, 3.05) is 6.61 Å². The topological polar surface area (TPSA) is 59.0 Å². The van der Waals surface area contributed by atoms with Gasteiger partial charge in [-0.1, -0.05) is 26.8 Å². The summed E-state index contributed by atoms with van der Waals surface area (Å²) in [5.41, 5.74) is -0.0918. The predicted molar refractivity (Wildman–Crippen MR) is 103 cm³/mol. The van der Waals surface area contributed by atoms with Crippen LogP contribution in [0.4, 0.5) is 4.79 Å². The van der Waals surface area contributed by atoms with Crippen molar-refractivity contribution >= 4 is 6.09 Å². The molecule has 0 aromatic carbocycles. The largest absolute Gasteiger partial charge is 0.444 e. The normalized spacial score (nSPS) is 27.9. The van der Waals surface area contributed by atoms with Crippen LogP contribution in [0.15, 0.2) is 11.6 Å². The first-order valence-electron chi connectivity index (χ1n) is 9.75. The maximum absolute atomic E-state index is 12.8. The molecule has 5 heteroatoms. The summed E-state index contributed by atoms with van der Waals surface area (Å²) in [4.78, 5) is 14.3. The molecule has 5 nitrogen and oxygen atoms in total. The average molecular weight is 368 g/mol. The second-order valence-corrected chi connectivity index (χ2v) is 10.2. The van der Waals surface area contributed by atoms with E-state index in [0.29, 0.717) is 12.5 Å². The van der Waals surface area contributed by atoms with Gasteiger partial charge in [0, 0.05) is 0 Å². The molecule has 1 N–H and O–H groups in total. The molecule has 0 radical (unpaired) electrons. The molecule has 3 unspecified atom stereocenters. The van der Waals surface area contributed by atoms with Crippen molar-refractivity contribution < 1.29 is 19.4 Å². The lowest BCUT2D eigenvalue weighted by Crippen LogP contribution is -2.53. The van der Waals surface area contributed by atoms with E-state index in [0.717, 1.165) is 24.8 Å². The molecule has 0 saturated carbocycles. The molecular weight excluding hydrogens is 330 g/mol. The lowest BCUT2D eigenvalue weighted by atomic mass is 9.72. The van der Waals surface area contributed by atoms with Crippen molar-refractivity contribution in [2.24, 2.45) is 11.3 Å². The van der Waals surface area contributed by atoms with Crippen LogP contribution in [0, 0.1) is 11.3 Å². The van der Waals surface area contributed by atoms with E-state index in [-0.39, 0.29) is 5.41 Å². The maximum atomic E-state index is 12.8. The summed E-state index contributed by atoms with van der Waals surface area (Å²) in [5.74, 6) is 0.622. The highest BCUT2D eigenvalue weighted by Gasteiger charge is 2.49. The van der Waals surface area contributed by atoms with Crippen molar-refractivity contribution in [3.63, 3.8) is 0 Å². The molecular formula is C21H37NO4. The first kappa shape index (κ1) is 21.2. The molecule has 0 aromatic rings. The van der Waals surface area contributed by atoms with Crippen LogP contribution in [0.1, 0.15) is 74.7 Å². The van der Waals surface area contributed by atoms with Crippen molar-refractivity contribution in [3.8, 4) is 0 Å². The fraction of sp³-hybridized carbons (Fsp3) is 0.857. The summed E-state index contributed by atoms with van der Waals surface area (Å²) in [5, 5.41) is 11.0. The highest BCUT2D eigenvalue weighted by molar-refractivity contribution is 5.70. The fourth-order valence-corrected chi connectivity index (χ4v) is 3.89. The molecule has 2 rings (SSSR count). The number of rotatable bonds is 2. The predicted octanol–water partition coefficient (Wildman–Crippen LogP) is 4.49. The van der Waals surface area contributed by atoms with Gasteiger partial charge in [0.25, 0.3) is 0 Å². The summed E-state index contributed by atoms with van der Waals surface area (Å²) < 4.78 is 11.4. The van der Waals surface area contributed by atoms with Gasteiger partial charge in [0.05, 0.1) is 18.8 Å². The molecule has 0 bridgehead atoms. The van der Waals surface area contributed by atoms with Crippen LogP contribution in [0.3, 0.4) is 0 Å². The summed E-state index contributed by atoms with van der Waals surface area (Å²) in [6.07, 6.45) is 3.92. The van der Waals surface area contributed by atoms with Gasteiger partial charge < -0.3 is 14.6 Å². The van der Waals surface area contributed by atoms with Crippen molar-refractivity contribution in [3.05, 3.63) is 11.6 Å². The molecule has 1 saturated heterocycles. The van der Waals surface area contributed by atoms with Gasteiger partial charge in [0.15, 0.2) is 0 Å². The van der Waals surface area contributed by atoms with Crippen LogP contribution < -0.4 is 0 Å². The number of hydrogen-bond donors (Lipinski definition) is 1. The van der Waals surface area contributed by atoms with Crippen LogP contribution >= 0.6 is 0 Å². The first-order valence-corrected chi connectivity index (χ1v) is 9.75. The van der Waals surface area contributed by atoms with Gasteiger partial charge in [0.2, 0.25) is 0 Å². The van der Waals surface area contributed by atoms with Crippen LogP contribution in [0.5, 0.6) is 0 Å². The molecule has 1 aliphatic carbocycles. The Morgan fingerprint density at radius 2 is 1.92 bits per heavy atom. The van der Waals surface area contributed by atoms with Gasteiger partial charge in [-0.3, -0.25) is 4.90 Å². The number of hydrogen-bond acceptors (Lipinski definition) is 4. The molecule has 150 valence electrons. The number of allylic oxidation sites excluding steroid dienone is 1. The minimum Gasteiger partial charge on any atom is -0.444 e. The Bertz CT molecular complexity index is 553. The van der Waals surface area contributed by atoms with E-state index in [2.05, 4.69) is 26.8 Å². The second-order valence-electron chi connectivity index (χ2n) is 10.2. The van der Waals surface area contributed by atoms with Gasteiger partial charge in [-0.25, -0.2) is 4.79 Å². The van der Waals surface area contributed by atoms with Crippen molar-refractivity contribution in [1.29, 1.82) is 0 Å². The third kappa shape index (κ3) is 4.80. The highest BCUT2D eigenvalue weighted by atomic mass is 16.6. The number of ether oxygens (including phenoxy) is 2. The molecule has 1 fully saturated rings. The third-order valence-electron chi connectivity index (χ3n) is 5.52. The quantitative estimate of drug-likeness (QED) is 0.731. The fourth-order valence-electron chi connectivity index (χ4n) is 3.89. The van der Waals surface area contributed by atoms with E-state index in [1.165, 1.54) is 0 Å². The standard InChI is InChI=1S/C21H37NO4/c1-19(2,3)15-11-9-14(10-12-15)17(23)16-13-25-21(7,8)22(16)18(24)26-20(4,5)6/h9,15-17,23H,10-13H2,1-8H3. The molecule has 3 atom stereocenters. The summed E-state index contributed by atoms with van der Waals surface area (Å²) in [6, 6.07) is -0.419. The van der Waals surface area contributed by atoms with Crippen LogP contribution in [-0.4, -0.2) is 46.2 Å². The number of carbonyl (C=O) groups excluding carboxylic acids is 1. The number of aliphatic hydroxyl groups is 1. The lowest BCUT2D eigenvalue weighted by molar-refractivity contribution is -0.0665. The van der Waals surface area contributed by atoms with Crippen molar-refractivity contribution in [1.82, 2.24) is 4.90 Å². The van der Waals surface area contributed by atoms with E-state index in [4.69, 9.17) is 9.47 Å². The summed E-state index contributed by atoms with van der Waals surface area (Å²) in [6.45, 7) is 16.3. The Hall–Kier alpha value is -1.07. The highest BCUT2D eigenvalue weighted by Crippen LogP contribution is 2.40. The molecule has 26 heavy (non-hydrogen) atoms. The molecule has 1 heterocycles. The van der Waals surface area contributed by atoms with E-state index in [1.807, 2.05) is 34.6 Å². The van der Waals surface area contributed by atoms with Gasteiger partial charge in [0.1, 0.15) is 11.3 Å². The Morgan fingerprint density at radius 1 is 1.31 bits per heavy atom. The monoisotopic (exact) mass is 367 g/mol. The SMILES string of the molecule is CC(C)(C)OC(=O)N1C(C(O)C2=CCC(C(C)(C)C)CC2)COC1(C)C. The minimum atomic E-state index is -0.794. The zero-order chi connectivity index (χ0) is 19.9. The zero-order valence-corrected chi connectivity index (χ0v) is 17.8. The van der Waals surface area contributed by atoms with Gasteiger partial charge in [-0.2, -0.15) is 0 Å². The number of aliphatic hydroxyl groups excluding tert-OH is 1. The zero-order valence-electron chi connectivity index (χ0n) is 17.8. The first-order chi connectivity index (χ1) is 11.7. The second kappa shape index (κ2) is 7.16. The average Bonchev–Trinajstić information content (AvgIpc) is 2.79. The van der Waals surface area contributed by atoms with Crippen LogP contribution in [0.25, 0.3) is 0 Å². The smallest absolute Gasteiger partial charge is 0.413 e. The molecule has 1 aliphatic heterocycles.